The summed E-state index contributed by atoms with van der Waals surface area (Å²) in [5, 5.41) is 1.93. The molecule has 3 nitrogen and oxygen atoms in total. The zero-order valence-electron chi connectivity index (χ0n) is 16.3. The SMILES string of the molecule is CC(C)c1ccc(N2C(=O)C(SCc3ccccc3)=C(c3cccs3)C2=O)cc1. The van der Waals surface area contributed by atoms with Crippen molar-refractivity contribution in [3.63, 3.8) is 0 Å². The van der Waals surface area contributed by atoms with Crippen LogP contribution < -0.4 is 4.90 Å². The number of hydrogen-bond donors (Lipinski definition) is 0. The molecule has 1 aliphatic rings. The summed E-state index contributed by atoms with van der Waals surface area (Å²) in [6.45, 7) is 4.24. The molecule has 2 heterocycles. The van der Waals surface area contributed by atoms with Gasteiger partial charge in [-0.2, -0.15) is 0 Å². The summed E-state index contributed by atoms with van der Waals surface area (Å²) in [4.78, 5) is 29.3. The van der Waals surface area contributed by atoms with Crippen LogP contribution in [-0.2, 0) is 15.3 Å². The number of hydrogen-bond acceptors (Lipinski definition) is 4. The van der Waals surface area contributed by atoms with Crippen LogP contribution in [0.15, 0.2) is 77.0 Å². The first-order valence-electron chi connectivity index (χ1n) is 9.50. The molecule has 2 amide bonds. The molecular weight excluding hydrogens is 398 g/mol. The molecule has 0 saturated carbocycles. The Labute approximate surface area is 179 Å². The van der Waals surface area contributed by atoms with Crippen LogP contribution in [0.25, 0.3) is 5.57 Å². The van der Waals surface area contributed by atoms with Crippen LogP contribution in [0.1, 0.15) is 35.8 Å². The summed E-state index contributed by atoms with van der Waals surface area (Å²) in [5.74, 6) is 0.553. The highest BCUT2D eigenvalue weighted by Crippen LogP contribution is 2.41. The fraction of sp³-hybridized carbons (Fsp3) is 0.167. The number of anilines is 1. The summed E-state index contributed by atoms with van der Waals surface area (Å²) in [5.41, 5.74) is 3.43. The molecule has 0 saturated heterocycles. The van der Waals surface area contributed by atoms with E-state index in [2.05, 4.69) is 13.8 Å². The fourth-order valence-electron chi connectivity index (χ4n) is 3.25. The van der Waals surface area contributed by atoms with Crippen molar-refractivity contribution in [3.05, 3.63) is 93.0 Å². The maximum absolute atomic E-state index is 13.3. The van der Waals surface area contributed by atoms with Crippen molar-refractivity contribution >= 4 is 46.2 Å². The summed E-state index contributed by atoms with van der Waals surface area (Å²) < 4.78 is 0. The van der Waals surface area contributed by atoms with Gasteiger partial charge in [0.05, 0.1) is 16.2 Å². The van der Waals surface area contributed by atoms with Crippen molar-refractivity contribution in [2.45, 2.75) is 25.5 Å². The zero-order valence-corrected chi connectivity index (χ0v) is 17.9. The lowest BCUT2D eigenvalue weighted by Crippen LogP contribution is -2.31. The first-order chi connectivity index (χ1) is 14.1. The Bertz CT molecular complexity index is 1050. The van der Waals surface area contributed by atoms with Gasteiger partial charge in [0.25, 0.3) is 11.8 Å². The van der Waals surface area contributed by atoms with E-state index < -0.39 is 0 Å². The van der Waals surface area contributed by atoms with Crippen LogP contribution in [0.4, 0.5) is 5.69 Å². The van der Waals surface area contributed by atoms with Gasteiger partial charge in [0.1, 0.15) is 0 Å². The number of thioether (sulfide) groups is 1. The van der Waals surface area contributed by atoms with Gasteiger partial charge in [-0.25, -0.2) is 4.90 Å². The number of imide groups is 1. The van der Waals surface area contributed by atoms with Gasteiger partial charge in [-0.3, -0.25) is 9.59 Å². The molecule has 5 heteroatoms. The summed E-state index contributed by atoms with van der Waals surface area (Å²) in [6, 6.07) is 21.5. The maximum Gasteiger partial charge on any atom is 0.272 e. The second-order valence-corrected chi connectivity index (χ2v) is 9.08. The number of amides is 2. The lowest BCUT2D eigenvalue weighted by molar-refractivity contribution is -0.119. The van der Waals surface area contributed by atoms with Crippen molar-refractivity contribution < 1.29 is 9.59 Å². The van der Waals surface area contributed by atoms with Gasteiger partial charge in [0.2, 0.25) is 0 Å². The van der Waals surface area contributed by atoms with E-state index in [1.165, 1.54) is 33.6 Å². The van der Waals surface area contributed by atoms with Gasteiger partial charge in [-0.1, -0.05) is 62.4 Å². The topological polar surface area (TPSA) is 37.4 Å². The fourth-order valence-corrected chi connectivity index (χ4v) is 5.15. The molecule has 0 bridgehead atoms. The zero-order chi connectivity index (χ0) is 20.4. The van der Waals surface area contributed by atoms with Crippen molar-refractivity contribution in [2.24, 2.45) is 0 Å². The molecule has 4 rings (SSSR count). The average Bonchev–Trinajstić information content (AvgIpc) is 3.33. The van der Waals surface area contributed by atoms with Crippen LogP contribution in [0.5, 0.6) is 0 Å². The minimum Gasteiger partial charge on any atom is -0.268 e. The predicted molar refractivity (Wildman–Crippen MR) is 122 cm³/mol. The van der Waals surface area contributed by atoms with Gasteiger partial charge < -0.3 is 0 Å². The Hall–Kier alpha value is -2.63. The lowest BCUT2D eigenvalue weighted by atomic mass is 10.0. The van der Waals surface area contributed by atoms with Crippen molar-refractivity contribution in [3.8, 4) is 0 Å². The first-order valence-corrected chi connectivity index (χ1v) is 11.4. The number of carbonyl (C=O) groups is 2. The van der Waals surface area contributed by atoms with E-state index in [-0.39, 0.29) is 11.8 Å². The van der Waals surface area contributed by atoms with E-state index in [0.29, 0.717) is 27.8 Å². The Balaban J connectivity index is 1.68. The van der Waals surface area contributed by atoms with Crippen LogP contribution in [0, 0.1) is 0 Å². The monoisotopic (exact) mass is 419 g/mol. The Morgan fingerprint density at radius 2 is 1.62 bits per heavy atom. The number of nitrogens with zero attached hydrogens (tertiary/aromatic N) is 1. The minimum atomic E-state index is -0.245. The molecule has 146 valence electrons. The highest BCUT2D eigenvalue weighted by molar-refractivity contribution is 8.03. The molecule has 0 N–H and O–H groups in total. The molecule has 2 aromatic carbocycles. The Morgan fingerprint density at radius 1 is 0.897 bits per heavy atom. The third-order valence-corrected chi connectivity index (χ3v) is 6.89. The van der Waals surface area contributed by atoms with Gasteiger partial charge >= 0.3 is 0 Å². The van der Waals surface area contributed by atoms with Gasteiger partial charge in [0, 0.05) is 10.6 Å². The van der Waals surface area contributed by atoms with Crippen molar-refractivity contribution in [1.29, 1.82) is 0 Å². The van der Waals surface area contributed by atoms with Gasteiger partial charge in [-0.15, -0.1) is 23.1 Å². The lowest BCUT2D eigenvalue weighted by Gasteiger charge is -2.16. The summed E-state index contributed by atoms with van der Waals surface area (Å²) in [6.07, 6.45) is 0. The van der Waals surface area contributed by atoms with Crippen molar-refractivity contribution in [1.82, 2.24) is 0 Å². The second-order valence-electron chi connectivity index (χ2n) is 7.15. The molecule has 0 atom stereocenters. The molecule has 1 aliphatic heterocycles. The van der Waals surface area contributed by atoms with Crippen LogP contribution in [0.3, 0.4) is 0 Å². The highest BCUT2D eigenvalue weighted by atomic mass is 32.2. The molecule has 0 spiro atoms. The summed E-state index contributed by atoms with van der Waals surface area (Å²) >= 11 is 2.92. The molecule has 29 heavy (non-hydrogen) atoms. The normalized spacial score (nSPS) is 14.4. The number of rotatable bonds is 6. The molecule has 0 radical (unpaired) electrons. The second kappa shape index (κ2) is 8.39. The predicted octanol–water partition coefficient (Wildman–Crippen LogP) is 6.09. The molecule has 3 aromatic rings. The first kappa shape index (κ1) is 19.7. The van der Waals surface area contributed by atoms with Gasteiger partial charge in [0.15, 0.2) is 0 Å². The van der Waals surface area contributed by atoms with Crippen molar-refractivity contribution in [2.75, 3.05) is 4.90 Å². The molecule has 0 fully saturated rings. The number of benzene rings is 2. The van der Waals surface area contributed by atoms with E-state index in [1.54, 1.807) is 0 Å². The standard InChI is InChI=1S/C24H21NO2S2/c1-16(2)18-10-12-19(13-11-18)25-23(26)21(20-9-6-14-28-20)22(24(25)27)29-15-17-7-4-3-5-8-17/h3-14,16H,15H2,1-2H3. The van der Waals surface area contributed by atoms with Crippen LogP contribution >= 0.6 is 23.1 Å². The van der Waals surface area contributed by atoms with Crippen LogP contribution in [0.2, 0.25) is 0 Å². The largest absolute Gasteiger partial charge is 0.272 e. The molecular formula is C24H21NO2S2. The number of carbonyl (C=O) groups excluding carboxylic acids is 2. The van der Waals surface area contributed by atoms with E-state index in [9.17, 15) is 9.59 Å². The van der Waals surface area contributed by atoms with Crippen LogP contribution in [-0.4, -0.2) is 11.8 Å². The average molecular weight is 420 g/mol. The van der Waals surface area contributed by atoms with E-state index in [0.717, 1.165) is 10.4 Å². The smallest absolute Gasteiger partial charge is 0.268 e. The maximum atomic E-state index is 13.3. The third-order valence-electron chi connectivity index (χ3n) is 4.85. The third kappa shape index (κ3) is 3.93. The minimum absolute atomic E-state index is 0.239. The van der Waals surface area contributed by atoms with Gasteiger partial charge in [-0.05, 0) is 40.6 Å². The van der Waals surface area contributed by atoms with E-state index in [4.69, 9.17) is 0 Å². The highest BCUT2D eigenvalue weighted by Gasteiger charge is 2.40. The molecule has 0 aliphatic carbocycles. The Kier molecular flexibility index (Phi) is 5.69. The number of thiophene rings is 1. The summed E-state index contributed by atoms with van der Waals surface area (Å²) in [7, 11) is 0. The Morgan fingerprint density at radius 3 is 2.24 bits per heavy atom. The van der Waals surface area contributed by atoms with E-state index >= 15 is 0 Å². The quantitative estimate of drug-likeness (QED) is 0.454. The van der Waals surface area contributed by atoms with E-state index in [1.807, 2.05) is 72.1 Å². The molecule has 0 unspecified atom stereocenters. The molecule has 1 aromatic heterocycles.